The molecule has 1 aliphatic heterocycles. The Morgan fingerprint density at radius 2 is 1.93 bits per heavy atom. The second-order valence-electron chi connectivity index (χ2n) is 6.90. The molecule has 1 heterocycles. The summed E-state index contributed by atoms with van der Waals surface area (Å²) in [5.41, 5.74) is 0.958. The zero-order chi connectivity index (χ0) is 22.3. The molecule has 0 unspecified atom stereocenters. The highest BCUT2D eigenvalue weighted by atomic mass is 35.5. The van der Waals surface area contributed by atoms with E-state index in [1.807, 2.05) is 19.1 Å². The largest absolute Gasteiger partial charge is 0.406 e. The third-order valence-electron chi connectivity index (χ3n) is 4.45. The summed E-state index contributed by atoms with van der Waals surface area (Å²) in [6.07, 6.45) is -4.47. The normalized spacial score (nSPS) is 15.4. The number of nitrogens with zero attached hydrogens (tertiary/aromatic N) is 4. The van der Waals surface area contributed by atoms with Crippen molar-refractivity contribution >= 4 is 29.4 Å². The van der Waals surface area contributed by atoms with Crippen molar-refractivity contribution in [2.45, 2.75) is 19.6 Å². The van der Waals surface area contributed by atoms with Crippen LogP contribution in [0.3, 0.4) is 0 Å². The van der Waals surface area contributed by atoms with Gasteiger partial charge >= 0.3 is 6.18 Å². The predicted molar refractivity (Wildman–Crippen MR) is 108 cm³/mol. The number of rotatable bonds is 6. The summed E-state index contributed by atoms with van der Waals surface area (Å²) in [6.45, 7) is 2.00. The van der Waals surface area contributed by atoms with Gasteiger partial charge in [0, 0.05) is 38.2 Å². The van der Waals surface area contributed by atoms with Crippen molar-refractivity contribution < 1.29 is 22.8 Å². The van der Waals surface area contributed by atoms with Crippen LogP contribution < -0.4 is 5.32 Å². The summed E-state index contributed by atoms with van der Waals surface area (Å²) in [5.74, 6) is -0.538. The highest BCUT2D eigenvalue weighted by Crippen LogP contribution is 2.16. The first-order valence-corrected chi connectivity index (χ1v) is 9.83. The van der Waals surface area contributed by atoms with Gasteiger partial charge in [0.05, 0.1) is 6.54 Å². The molecular weight excluding hydrogens is 423 g/mol. The van der Waals surface area contributed by atoms with Crippen molar-refractivity contribution in [3.8, 4) is 0 Å². The summed E-state index contributed by atoms with van der Waals surface area (Å²) in [5, 5.41) is 3.61. The molecule has 0 spiro atoms. The summed E-state index contributed by atoms with van der Waals surface area (Å²) >= 11 is 5.88. The van der Waals surface area contributed by atoms with E-state index in [1.165, 1.54) is 0 Å². The van der Waals surface area contributed by atoms with Crippen LogP contribution in [0.1, 0.15) is 12.5 Å². The second-order valence-corrected chi connectivity index (χ2v) is 7.33. The maximum atomic E-state index is 12.6. The third kappa shape index (κ3) is 7.40. The zero-order valence-electron chi connectivity index (χ0n) is 16.9. The van der Waals surface area contributed by atoms with Crippen LogP contribution >= 0.6 is 11.6 Å². The molecule has 2 amide bonds. The molecule has 1 aromatic carbocycles. The number of carbonyl (C=O) groups excluding carboxylic acids is 2. The van der Waals surface area contributed by atoms with E-state index >= 15 is 0 Å². The molecule has 30 heavy (non-hydrogen) atoms. The minimum absolute atomic E-state index is 0.0615. The molecule has 1 aliphatic rings. The molecule has 166 valence electrons. The van der Waals surface area contributed by atoms with Crippen molar-refractivity contribution in [2.75, 3.05) is 46.3 Å². The molecule has 7 nitrogen and oxygen atoms in total. The number of hydrogen-bond acceptors (Lipinski definition) is 3. The lowest BCUT2D eigenvalue weighted by atomic mass is 10.2. The molecule has 11 heteroatoms. The number of amides is 2. The van der Waals surface area contributed by atoms with Crippen LogP contribution in [0.4, 0.5) is 13.2 Å². The molecule has 2 rings (SSSR count). The summed E-state index contributed by atoms with van der Waals surface area (Å²) in [7, 11) is 1.08. The SMILES string of the molecule is CCNC(=NCC(=O)N(C)CC(F)(F)F)N1CCN(Cc2ccc(Cl)cc2)C(=O)C1. The number of likely N-dealkylation sites (N-methyl/N-ethyl adjacent to an activating group) is 1. The van der Waals surface area contributed by atoms with E-state index in [1.54, 1.807) is 21.9 Å². The molecule has 0 aliphatic carbocycles. The average molecular weight is 448 g/mol. The van der Waals surface area contributed by atoms with Crippen molar-refractivity contribution in [2.24, 2.45) is 4.99 Å². The van der Waals surface area contributed by atoms with E-state index in [9.17, 15) is 22.8 Å². The standard InChI is InChI=1S/C19H25ClF3N5O2/c1-3-24-18(25-10-16(29)26(2)13-19(21,22)23)28-9-8-27(17(30)12-28)11-14-4-6-15(20)7-5-14/h4-7H,3,8-13H2,1-2H3,(H,24,25). The van der Waals surface area contributed by atoms with E-state index in [4.69, 9.17) is 11.6 Å². The van der Waals surface area contributed by atoms with Gasteiger partial charge in [-0.3, -0.25) is 9.59 Å². The van der Waals surface area contributed by atoms with Gasteiger partial charge in [-0.25, -0.2) is 4.99 Å². The van der Waals surface area contributed by atoms with Gasteiger partial charge in [-0.2, -0.15) is 13.2 Å². The van der Waals surface area contributed by atoms with Crippen molar-refractivity contribution in [3.63, 3.8) is 0 Å². The minimum Gasteiger partial charge on any atom is -0.356 e. The summed E-state index contributed by atoms with van der Waals surface area (Å²) in [4.78, 5) is 32.6. The Morgan fingerprint density at radius 3 is 2.50 bits per heavy atom. The zero-order valence-corrected chi connectivity index (χ0v) is 17.6. The van der Waals surface area contributed by atoms with Crippen molar-refractivity contribution in [1.82, 2.24) is 20.0 Å². The Kier molecular flexibility index (Phi) is 8.33. The van der Waals surface area contributed by atoms with Crippen LogP contribution in [0.25, 0.3) is 0 Å². The number of benzene rings is 1. The average Bonchev–Trinajstić information content (AvgIpc) is 2.66. The smallest absolute Gasteiger partial charge is 0.356 e. The Balaban J connectivity index is 1.96. The van der Waals surface area contributed by atoms with Gasteiger partial charge < -0.3 is 20.0 Å². The maximum Gasteiger partial charge on any atom is 0.406 e. The lowest BCUT2D eigenvalue weighted by Gasteiger charge is -2.36. The van der Waals surface area contributed by atoms with Crippen LogP contribution in [0.15, 0.2) is 29.3 Å². The number of nitrogens with one attached hydrogen (secondary N) is 1. The molecule has 1 saturated heterocycles. The van der Waals surface area contributed by atoms with Gasteiger partial charge in [0.1, 0.15) is 13.1 Å². The van der Waals surface area contributed by atoms with Crippen molar-refractivity contribution in [1.29, 1.82) is 0 Å². The Hall–Kier alpha value is -2.49. The molecule has 1 N–H and O–H groups in total. The van der Waals surface area contributed by atoms with E-state index in [0.717, 1.165) is 12.6 Å². The molecule has 0 bridgehead atoms. The topological polar surface area (TPSA) is 68.2 Å². The van der Waals surface area contributed by atoms with Gasteiger partial charge in [-0.05, 0) is 24.6 Å². The monoisotopic (exact) mass is 447 g/mol. The molecule has 0 radical (unpaired) electrons. The number of alkyl halides is 3. The molecule has 1 fully saturated rings. The predicted octanol–water partition coefficient (Wildman–Crippen LogP) is 1.97. The molecule has 0 atom stereocenters. The van der Waals surface area contributed by atoms with E-state index in [-0.39, 0.29) is 12.5 Å². The first-order valence-electron chi connectivity index (χ1n) is 9.45. The fourth-order valence-electron chi connectivity index (χ4n) is 2.91. The van der Waals surface area contributed by atoms with Crippen LogP contribution in [0.5, 0.6) is 0 Å². The summed E-state index contributed by atoms with van der Waals surface area (Å²) < 4.78 is 37.3. The van der Waals surface area contributed by atoms with Crippen LogP contribution in [-0.4, -0.2) is 85.0 Å². The Labute approximate surface area is 178 Å². The number of carbonyl (C=O) groups is 2. The van der Waals surface area contributed by atoms with Crippen LogP contribution in [0.2, 0.25) is 5.02 Å². The maximum absolute atomic E-state index is 12.6. The lowest BCUT2D eigenvalue weighted by Crippen LogP contribution is -2.55. The number of hydrogen-bond donors (Lipinski definition) is 1. The first kappa shape index (κ1) is 23.8. The number of aliphatic imine (C=N–C) groups is 1. The second kappa shape index (κ2) is 10.5. The fourth-order valence-corrected chi connectivity index (χ4v) is 3.04. The Bertz CT molecular complexity index is 770. The van der Waals surface area contributed by atoms with Gasteiger partial charge in [-0.1, -0.05) is 23.7 Å². The van der Waals surface area contributed by atoms with Crippen LogP contribution in [-0.2, 0) is 16.1 Å². The van der Waals surface area contributed by atoms with Crippen LogP contribution in [0, 0.1) is 0 Å². The molecule has 1 aromatic rings. The van der Waals surface area contributed by atoms with E-state index < -0.39 is 25.2 Å². The highest BCUT2D eigenvalue weighted by molar-refractivity contribution is 6.30. The van der Waals surface area contributed by atoms with Gasteiger partial charge in [-0.15, -0.1) is 0 Å². The number of guanidine groups is 1. The first-order chi connectivity index (χ1) is 14.1. The Morgan fingerprint density at radius 1 is 1.27 bits per heavy atom. The molecular formula is C19H25ClF3N5O2. The third-order valence-corrected chi connectivity index (χ3v) is 4.70. The van der Waals surface area contributed by atoms with Gasteiger partial charge in [0.2, 0.25) is 11.8 Å². The number of halogens is 4. The lowest BCUT2D eigenvalue weighted by molar-refractivity contribution is -0.157. The molecule has 0 saturated carbocycles. The van der Waals surface area contributed by atoms with Gasteiger partial charge in [0.25, 0.3) is 0 Å². The van der Waals surface area contributed by atoms with E-state index in [2.05, 4.69) is 10.3 Å². The van der Waals surface area contributed by atoms with Gasteiger partial charge in [0.15, 0.2) is 5.96 Å². The summed E-state index contributed by atoms with van der Waals surface area (Å²) in [6, 6.07) is 7.24. The van der Waals surface area contributed by atoms with E-state index in [0.29, 0.717) is 42.1 Å². The van der Waals surface area contributed by atoms with Crippen molar-refractivity contribution in [3.05, 3.63) is 34.9 Å². The molecule has 0 aromatic heterocycles. The minimum atomic E-state index is -4.47. The quantitative estimate of drug-likeness (QED) is 0.535. The fraction of sp³-hybridized carbons (Fsp3) is 0.526. The number of piperazine rings is 1. The highest BCUT2D eigenvalue weighted by Gasteiger charge is 2.31.